The second-order valence-corrected chi connectivity index (χ2v) is 10.4. The smallest absolute Gasteiger partial charge is 0.0493 e. The molecule has 0 radical (unpaired) electrons. The molecule has 6 rings (SSSR count). The fourth-order valence-electron chi connectivity index (χ4n) is 3.38. The number of hydrogen-bond donors (Lipinski definition) is 0. The number of nitrogens with zero attached hydrogens (tertiary/aromatic N) is 4. The average molecular weight is 525 g/mol. The first-order valence-corrected chi connectivity index (χ1v) is 15.9. The van der Waals surface area contributed by atoms with E-state index in [1.807, 2.05) is 33.9 Å². The summed E-state index contributed by atoms with van der Waals surface area (Å²) in [7, 11) is 9.87. The van der Waals surface area contributed by atoms with Crippen LogP contribution >= 0.6 is 17.0 Å². The predicted molar refractivity (Wildman–Crippen MR) is 125 cm³/mol. The van der Waals surface area contributed by atoms with Gasteiger partial charge in [-0.1, -0.05) is 12.1 Å². The molecule has 0 unspecified atom stereocenters. The number of halogens is 2. The molecule has 0 saturated heterocycles. The second kappa shape index (κ2) is 10.7. The van der Waals surface area contributed by atoms with Crippen LogP contribution in [0.25, 0.3) is 32.9 Å². The molecule has 4 nitrogen and oxygen atoms in total. The molecular weight excluding hydrogens is 506 g/mol. The van der Waals surface area contributed by atoms with Gasteiger partial charge in [0.1, 0.15) is 0 Å². The van der Waals surface area contributed by atoms with Gasteiger partial charge in [-0.25, -0.2) is 0 Å². The molecule has 0 bridgehead atoms. The van der Waals surface area contributed by atoms with E-state index in [0.717, 1.165) is 11.4 Å². The van der Waals surface area contributed by atoms with Crippen molar-refractivity contribution in [3.63, 3.8) is 0 Å². The van der Waals surface area contributed by atoms with Gasteiger partial charge in [0, 0.05) is 24.8 Å². The van der Waals surface area contributed by atoms with Gasteiger partial charge in [0.15, 0.2) is 0 Å². The van der Waals surface area contributed by atoms with Gasteiger partial charge >= 0.3 is 37.9 Å². The van der Waals surface area contributed by atoms with Gasteiger partial charge in [-0.15, -0.1) is 82.2 Å². The Balaban J connectivity index is 0.000000133. The summed E-state index contributed by atoms with van der Waals surface area (Å²) in [6, 6.07) is 29.1. The Labute approximate surface area is 199 Å². The molecule has 0 aliphatic rings. The fourth-order valence-corrected chi connectivity index (χ4v) is 3.38. The molecule has 0 amide bonds. The Kier molecular flexibility index (Phi) is 7.53. The summed E-state index contributed by atoms with van der Waals surface area (Å²) < 4.78 is 3.75. The zero-order valence-corrected chi connectivity index (χ0v) is 20.4. The van der Waals surface area contributed by atoms with Crippen molar-refractivity contribution < 1.29 is 20.8 Å². The molecule has 31 heavy (non-hydrogen) atoms. The van der Waals surface area contributed by atoms with E-state index in [1.54, 1.807) is 12.4 Å². The molecule has 0 aliphatic heterocycles. The number of benzene rings is 2. The average Bonchev–Trinajstić information content (AvgIpc) is 3.60. The third kappa shape index (κ3) is 5.43. The predicted octanol–water partition coefficient (Wildman–Crippen LogP) is 6.87. The summed E-state index contributed by atoms with van der Waals surface area (Å²) in [4.78, 5) is 0. The van der Waals surface area contributed by atoms with E-state index in [4.69, 9.17) is 17.0 Å². The van der Waals surface area contributed by atoms with E-state index in [1.165, 1.54) is 21.5 Å². The van der Waals surface area contributed by atoms with Gasteiger partial charge in [0.25, 0.3) is 0 Å². The standard InChI is InChI=1S/2C12H9N2.2ClH.Zr/c2*1-2-5-11-9-12(8-10(11)4-1)14-7-3-6-13-14;;;/h2*1-9H;2*1H;/q2*-1;;;+4/p-2. The van der Waals surface area contributed by atoms with Gasteiger partial charge in [0.05, 0.1) is 0 Å². The molecule has 2 aromatic heterocycles. The van der Waals surface area contributed by atoms with E-state index < -0.39 is 20.8 Å². The zero-order chi connectivity index (χ0) is 21.5. The zero-order valence-electron chi connectivity index (χ0n) is 16.4. The summed E-state index contributed by atoms with van der Waals surface area (Å²) in [5.74, 6) is 0. The van der Waals surface area contributed by atoms with Crippen LogP contribution in [-0.2, 0) is 20.8 Å². The Morgan fingerprint density at radius 1 is 0.645 bits per heavy atom. The molecule has 0 spiro atoms. The van der Waals surface area contributed by atoms with Gasteiger partial charge < -0.3 is 0 Å². The Morgan fingerprint density at radius 3 is 1.42 bits per heavy atom. The fraction of sp³-hybridized carbons (Fsp3) is 0. The number of rotatable bonds is 2. The van der Waals surface area contributed by atoms with Gasteiger partial charge in [0.2, 0.25) is 0 Å². The van der Waals surface area contributed by atoms with E-state index in [9.17, 15) is 0 Å². The van der Waals surface area contributed by atoms with Crippen molar-refractivity contribution in [2.24, 2.45) is 0 Å². The van der Waals surface area contributed by atoms with Crippen molar-refractivity contribution in [1.29, 1.82) is 0 Å². The maximum absolute atomic E-state index is 4.93. The monoisotopic (exact) mass is 522 g/mol. The molecule has 0 fully saturated rings. The summed E-state index contributed by atoms with van der Waals surface area (Å²) in [5, 5.41) is 13.4. The van der Waals surface area contributed by atoms with E-state index in [-0.39, 0.29) is 0 Å². The summed E-state index contributed by atoms with van der Waals surface area (Å²) in [5.41, 5.74) is 2.24. The van der Waals surface area contributed by atoms with Crippen LogP contribution in [0.5, 0.6) is 0 Å². The number of fused-ring (bicyclic) bond motifs is 2. The molecular formula is C24H18Cl2N4Zr. The van der Waals surface area contributed by atoms with Crippen LogP contribution in [0.3, 0.4) is 0 Å². The van der Waals surface area contributed by atoms with Crippen LogP contribution in [0.15, 0.2) is 110 Å². The van der Waals surface area contributed by atoms with Crippen molar-refractivity contribution in [2.75, 3.05) is 0 Å². The SMILES string of the molecule is [Cl][Zr+2][Cl].c1ccc2[cH-]c(-n3cccn3)cc2c1.c1ccc2[cH-]c(-n3cccn3)cc2c1. The maximum Gasteiger partial charge on any atom is 0.0493 e. The van der Waals surface area contributed by atoms with Crippen LogP contribution in [-0.4, -0.2) is 19.6 Å². The maximum atomic E-state index is 4.93. The first kappa shape index (κ1) is 21.8. The number of hydrogen-bond acceptors (Lipinski definition) is 2. The van der Waals surface area contributed by atoms with Crippen molar-refractivity contribution in [2.45, 2.75) is 0 Å². The molecule has 0 saturated carbocycles. The van der Waals surface area contributed by atoms with Crippen molar-refractivity contribution in [1.82, 2.24) is 19.6 Å². The quantitative estimate of drug-likeness (QED) is 0.232. The van der Waals surface area contributed by atoms with Gasteiger partial charge in [-0.05, 0) is 23.5 Å². The largest absolute Gasteiger partial charge is 0.260 e. The summed E-state index contributed by atoms with van der Waals surface area (Å²) >= 11 is -0.826. The third-order valence-corrected chi connectivity index (χ3v) is 4.74. The first-order valence-electron chi connectivity index (χ1n) is 9.56. The van der Waals surface area contributed by atoms with Crippen LogP contribution in [0.1, 0.15) is 0 Å². The second-order valence-electron chi connectivity index (χ2n) is 6.66. The summed E-state index contributed by atoms with van der Waals surface area (Å²) in [6.07, 6.45) is 7.48. The molecule has 152 valence electrons. The minimum atomic E-state index is -0.826. The molecule has 6 aromatic rings. The van der Waals surface area contributed by atoms with E-state index in [0.29, 0.717) is 0 Å². The normalized spacial score (nSPS) is 10.1. The Hall–Kier alpha value is -2.46. The molecule has 0 aliphatic carbocycles. The third-order valence-electron chi connectivity index (χ3n) is 4.74. The van der Waals surface area contributed by atoms with E-state index in [2.05, 4.69) is 83.0 Å². The molecule has 7 heteroatoms. The van der Waals surface area contributed by atoms with Gasteiger partial charge in [-0.3, -0.25) is 9.36 Å². The first-order chi connectivity index (χ1) is 15.3. The molecule has 4 aromatic carbocycles. The topological polar surface area (TPSA) is 35.6 Å². The summed E-state index contributed by atoms with van der Waals surface area (Å²) in [6.45, 7) is 0. The molecule has 0 N–H and O–H groups in total. The number of aromatic nitrogens is 4. The van der Waals surface area contributed by atoms with Crippen LogP contribution in [0.4, 0.5) is 0 Å². The van der Waals surface area contributed by atoms with Crippen molar-refractivity contribution in [3.05, 3.63) is 110 Å². The van der Waals surface area contributed by atoms with Crippen LogP contribution < -0.4 is 0 Å². The van der Waals surface area contributed by atoms with Crippen molar-refractivity contribution >= 4 is 38.6 Å². The minimum Gasteiger partial charge on any atom is -0.260 e. The van der Waals surface area contributed by atoms with Crippen molar-refractivity contribution in [3.8, 4) is 11.4 Å². The minimum absolute atomic E-state index is 0.826. The van der Waals surface area contributed by atoms with Gasteiger partial charge in [-0.2, -0.15) is 10.2 Å². The molecule has 2 heterocycles. The van der Waals surface area contributed by atoms with Crippen LogP contribution in [0, 0.1) is 0 Å². The Bertz CT molecular complexity index is 1160. The van der Waals surface area contributed by atoms with Crippen LogP contribution in [0.2, 0.25) is 0 Å². The Morgan fingerprint density at radius 2 is 1.06 bits per heavy atom. The van der Waals surface area contributed by atoms with E-state index >= 15 is 0 Å². The molecule has 0 atom stereocenters.